The Morgan fingerprint density at radius 2 is 1.47 bits per heavy atom. The highest BCUT2D eigenvalue weighted by Crippen LogP contribution is 2.31. The number of hydrogen-bond acceptors (Lipinski definition) is 10. The average molecular weight is 533 g/mol. The van der Waals surface area contributed by atoms with E-state index < -0.39 is 98.4 Å². The van der Waals surface area contributed by atoms with Crippen molar-refractivity contribution in [3.05, 3.63) is 0 Å². The van der Waals surface area contributed by atoms with E-state index in [4.69, 9.17) is 23.7 Å². The summed E-state index contributed by atoms with van der Waals surface area (Å²) in [5.41, 5.74) is 15.7. The summed E-state index contributed by atoms with van der Waals surface area (Å²) in [4.78, 5) is 0. The van der Waals surface area contributed by atoms with Crippen LogP contribution in [0.1, 0.15) is 19.8 Å². The molecule has 0 amide bonds. The number of rotatable bonds is 9. The highest BCUT2D eigenvalue weighted by atomic mass is 19.1. The zero-order valence-electron chi connectivity index (χ0n) is 20.7. The first-order valence-electron chi connectivity index (χ1n) is 12.5. The lowest BCUT2D eigenvalue weighted by atomic mass is 9.84. The normalized spacial score (nSPS) is 50.2. The zero-order chi connectivity index (χ0) is 26.7. The van der Waals surface area contributed by atoms with E-state index in [1.165, 1.54) is 0 Å². The minimum atomic E-state index is -1.45. The van der Waals surface area contributed by atoms with E-state index in [1.807, 2.05) is 0 Å². The monoisotopic (exact) mass is 532 g/mol. The van der Waals surface area contributed by atoms with Gasteiger partial charge in [0.2, 0.25) is 6.29 Å². The summed E-state index contributed by atoms with van der Waals surface area (Å²) in [6.45, 7) is 1.14. The molecule has 3 aliphatic rings. The minimum Gasteiger partial charge on any atom is -0.388 e. The van der Waals surface area contributed by atoms with E-state index in [9.17, 15) is 29.9 Å². The molecule has 0 bridgehead atoms. The van der Waals surface area contributed by atoms with E-state index in [0.29, 0.717) is 6.42 Å². The van der Waals surface area contributed by atoms with E-state index in [0.717, 1.165) is 0 Å². The van der Waals surface area contributed by atoms with Gasteiger partial charge in [0, 0.05) is 6.61 Å². The number of ether oxygens (including phenoxy) is 5. The third-order valence-corrected chi connectivity index (χ3v) is 7.28. The van der Waals surface area contributed by atoms with Crippen molar-refractivity contribution in [2.75, 3.05) is 19.8 Å². The molecule has 212 valence electrons. The Balaban J connectivity index is 1.78. The van der Waals surface area contributed by atoms with Gasteiger partial charge in [0.05, 0.1) is 19.2 Å². The average Bonchev–Trinajstić information content (AvgIpc) is 2.84. The lowest BCUT2D eigenvalue weighted by molar-refractivity contribution is -0.537. The van der Waals surface area contributed by atoms with E-state index >= 15 is 0 Å². The van der Waals surface area contributed by atoms with E-state index in [-0.39, 0.29) is 19.6 Å². The molecule has 2 saturated heterocycles. The zero-order valence-corrected chi connectivity index (χ0v) is 20.7. The molecule has 2 aliphatic heterocycles. The van der Waals surface area contributed by atoms with Gasteiger partial charge in [-0.05, 0) is 13.3 Å². The summed E-state index contributed by atoms with van der Waals surface area (Å²) in [5, 5.41) is 52.9. The van der Waals surface area contributed by atoms with Crippen LogP contribution in [-0.4, -0.2) is 137 Å². The topological polar surface area (TPSA) is 258 Å². The molecule has 0 aromatic carbocycles. The van der Waals surface area contributed by atoms with Gasteiger partial charge in [-0.25, -0.2) is 0 Å². The lowest BCUT2D eigenvalue weighted by Crippen LogP contribution is -2.84. The van der Waals surface area contributed by atoms with Gasteiger partial charge in [-0.1, -0.05) is 0 Å². The second-order valence-electron chi connectivity index (χ2n) is 9.99. The number of hydrogen-bond donors (Lipinski definition) is 9. The molecular formula is C21H45FN4O10+4. The molecule has 2 heterocycles. The summed E-state index contributed by atoms with van der Waals surface area (Å²) in [5.74, 6) is 0. The molecule has 1 aliphatic carbocycles. The summed E-state index contributed by atoms with van der Waals surface area (Å²) in [7, 11) is 0. The summed E-state index contributed by atoms with van der Waals surface area (Å²) >= 11 is 0. The molecule has 15 atom stereocenters. The summed E-state index contributed by atoms with van der Waals surface area (Å²) < 4.78 is 41.7. The highest BCUT2D eigenvalue weighted by Gasteiger charge is 2.54. The van der Waals surface area contributed by atoms with Gasteiger partial charge in [-0.2, -0.15) is 0 Å². The predicted molar refractivity (Wildman–Crippen MR) is 116 cm³/mol. The number of quaternary nitrogens is 4. The maximum atomic E-state index is 12.5. The summed E-state index contributed by atoms with van der Waals surface area (Å²) in [6, 6.07) is -1.76. The van der Waals surface area contributed by atoms with Crippen LogP contribution >= 0.6 is 0 Å². The van der Waals surface area contributed by atoms with Gasteiger partial charge in [-0.3, -0.25) is 4.39 Å². The molecule has 0 radical (unpaired) electrons. The fraction of sp³-hybridized carbons (Fsp3) is 1.00. The molecule has 15 heteroatoms. The first kappa shape index (κ1) is 29.9. The van der Waals surface area contributed by atoms with Crippen LogP contribution in [0.4, 0.5) is 4.39 Å². The fourth-order valence-corrected chi connectivity index (χ4v) is 4.99. The number of alkyl halides is 1. The standard InChI is InChI=1S/C21H41FN4O10/c1-7-12(27)18(32-4-2-3-22)16(31)21(33-7)36-19-13(28)8(24)5-9(25)17(19)35-20-11(26)15(30)14(29)10(6-23)34-20/h7-21,27-31H,2-6,23-26H2,1H3/p+4/t7-,8-,9+,10-,11-,12-,13+,14-,15-,16-,17-,18-,19-,20-,21+/m1/s1. The molecule has 0 aromatic rings. The SMILES string of the molecule is C[C@H]1O[C@@H](O[C@@H]2[C@@H](O)[C@H]([NH3+])C[C@H]([NH3+])[C@H]2O[C@H]2O[C@H](C[NH3+])[C@@H](O)[C@H](O)[C@H]2[NH3+])[C@H](O)[C@H](OCCCF)[C@@H]1O. The predicted octanol–water partition coefficient (Wildman–Crippen LogP) is -7.75. The number of halogens is 1. The Morgan fingerprint density at radius 1 is 0.806 bits per heavy atom. The molecule has 1 saturated carbocycles. The van der Waals surface area contributed by atoms with Crippen molar-refractivity contribution in [2.45, 2.75) is 112 Å². The smallest absolute Gasteiger partial charge is 0.214 e. The van der Waals surface area contributed by atoms with Crippen molar-refractivity contribution < 1.29 is 76.5 Å². The van der Waals surface area contributed by atoms with Crippen molar-refractivity contribution >= 4 is 0 Å². The van der Waals surface area contributed by atoms with Crippen molar-refractivity contribution in [3.63, 3.8) is 0 Å². The Hall–Kier alpha value is -0.630. The van der Waals surface area contributed by atoms with Crippen LogP contribution in [0.25, 0.3) is 0 Å². The van der Waals surface area contributed by atoms with Crippen LogP contribution in [0.15, 0.2) is 0 Å². The van der Waals surface area contributed by atoms with Crippen molar-refractivity contribution in [1.82, 2.24) is 0 Å². The van der Waals surface area contributed by atoms with Gasteiger partial charge in [0.15, 0.2) is 12.3 Å². The number of aliphatic hydroxyl groups excluding tert-OH is 5. The minimum absolute atomic E-state index is 0.0139. The molecule has 0 spiro atoms. The van der Waals surface area contributed by atoms with Crippen molar-refractivity contribution in [2.24, 2.45) is 0 Å². The molecule has 36 heavy (non-hydrogen) atoms. The third-order valence-electron chi connectivity index (χ3n) is 7.28. The lowest BCUT2D eigenvalue weighted by Gasteiger charge is -2.46. The van der Waals surface area contributed by atoms with Gasteiger partial charge in [0.1, 0.15) is 73.6 Å². The molecule has 17 N–H and O–H groups in total. The second-order valence-corrected chi connectivity index (χ2v) is 9.99. The maximum Gasteiger partial charge on any atom is 0.214 e. The molecule has 3 fully saturated rings. The van der Waals surface area contributed by atoms with Gasteiger partial charge in [0.25, 0.3) is 0 Å². The van der Waals surface area contributed by atoms with E-state index in [1.54, 1.807) is 6.92 Å². The van der Waals surface area contributed by atoms with Crippen LogP contribution in [0, 0.1) is 0 Å². The second kappa shape index (κ2) is 12.9. The summed E-state index contributed by atoms with van der Waals surface area (Å²) in [6.07, 6.45) is -12.7. The van der Waals surface area contributed by atoms with Crippen LogP contribution in [0.2, 0.25) is 0 Å². The number of aliphatic hydroxyl groups is 5. The molecule has 0 unspecified atom stereocenters. The first-order valence-corrected chi connectivity index (χ1v) is 12.5. The maximum absolute atomic E-state index is 12.5. The third kappa shape index (κ3) is 6.32. The first-order chi connectivity index (χ1) is 17.0. The molecular weight excluding hydrogens is 487 g/mol. The molecule has 3 rings (SSSR count). The van der Waals surface area contributed by atoms with Crippen molar-refractivity contribution in [1.29, 1.82) is 0 Å². The van der Waals surface area contributed by atoms with Crippen LogP contribution in [0.5, 0.6) is 0 Å². The van der Waals surface area contributed by atoms with Crippen LogP contribution < -0.4 is 22.9 Å². The Morgan fingerprint density at radius 3 is 2.11 bits per heavy atom. The Bertz CT molecular complexity index is 687. The molecule has 0 aromatic heterocycles. The van der Waals surface area contributed by atoms with Crippen molar-refractivity contribution in [3.8, 4) is 0 Å². The van der Waals surface area contributed by atoms with Gasteiger partial charge in [-0.15, -0.1) is 0 Å². The van der Waals surface area contributed by atoms with Gasteiger partial charge < -0.3 is 72.2 Å². The van der Waals surface area contributed by atoms with Gasteiger partial charge >= 0.3 is 0 Å². The highest BCUT2D eigenvalue weighted by molar-refractivity contribution is 4.97. The quantitative estimate of drug-likeness (QED) is 0.127. The Labute approximate surface area is 208 Å². The largest absolute Gasteiger partial charge is 0.388 e. The Kier molecular flexibility index (Phi) is 10.8. The fourth-order valence-electron chi connectivity index (χ4n) is 4.99. The van der Waals surface area contributed by atoms with Crippen LogP contribution in [0.3, 0.4) is 0 Å². The van der Waals surface area contributed by atoms with Crippen LogP contribution in [-0.2, 0) is 23.7 Å². The van der Waals surface area contributed by atoms with E-state index in [2.05, 4.69) is 22.9 Å². The molecule has 14 nitrogen and oxygen atoms in total.